The average molecular weight is 251 g/mol. The molecule has 7 heteroatoms. The number of hydrogen-bond donors (Lipinski definition) is 1. The van der Waals surface area contributed by atoms with Gasteiger partial charge in [-0.05, 0) is 19.0 Å². The lowest BCUT2D eigenvalue weighted by molar-refractivity contribution is -0.173. The second kappa shape index (κ2) is 6.61. The predicted molar refractivity (Wildman–Crippen MR) is 56.4 cm³/mol. The van der Waals surface area contributed by atoms with Gasteiger partial charge in [-0.15, -0.1) is 0 Å². The molecule has 0 aliphatic rings. The van der Waals surface area contributed by atoms with Gasteiger partial charge >= 0.3 is 6.18 Å². The van der Waals surface area contributed by atoms with E-state index in [1.807, 2.05) is 13.1 Å². The van der Waals surface area contributed by atoms with Gasteiger partial charge in [0.2, 0.25) is 0 Å². The Bertz CT molecular complexity index is 325. The van der Waals surface area contributed by atoms with Gasteiger partial charge in [-0.2, -0.15) is 18.3 Å². The highest BCUT2D eigenvalue weighted by molar-refractivity contribution is 4.98. The molecular weight excluding hydrogens is 235 g/mol. The molecule has 0 fully saturated rings. The molecule has 0 unspecified atom stereocenters. The van der Waals surface area contributed by atoms with Crippen LogP contribution in [0.1, 0.15) is 12.1 Å². The fraction of sp³-hybridized carbons (Fsp3) is 0.700. The molecule has 98 valence electrons. The molecule has 0 aromatic carbocycles. The number of halogens is 3. The van der Waals surface area contributed by atoms with E-state index in [0.717, 1.165) is 5.69 Å². The van der Waals surface area contributed by atoms with Gasteiger partial charge in [0.05, 0.1) is 5.69 Å². The summed E-state index contributed by atoms with van der Waals surface area (Å²) in [6, 6.07) is 1.88. The number of hydrogen-bond acceptors (Lipinski definition) is 3. The fourth-order valence-corrected chi connectivity index (χ4v) is 1.28. The number of nitrogens with one attached hydrogen (secondary N) is 1. The number of nitrogens with zero attached hydrogens (tertiary/aromatic N) is 2. The normalized spacial score (nSPS) is 12.0. The molecular formula is C10H16F3N3O. The van der Waals surface area contributed by atoms with E-state index in [1.165, 1.54) is 0 Å². The van der Waals surface area contributed by atoms with E-state index < -0.39 is 12.8 Å². The molecule has 0 atom stereocenters. The van der Waals surface area contributed by atoms with Crippen molar-refractivity contribution in [3.8, 4) is 0 Å². The highest BCUT2D eigenvalue weighted by Crippen LogP contribution is 2.14. The Hall–Kier alpha value is -1.08. The molecule has 0 saturated heterocycles. The lowest BCUT2D eigenvalue weighted by atomic mass is 10.4. The third-order valence-corrected chi connectivity index (χ3v) is 2.14. The standard InChI is InChI=1S/C10H16F3N3O/c1-16-9(3-5-15-16)7-14-4-2-6-17-8-10(11,12)13/h3,5,14H,2,4,6-8H2,1H3. The molecule has 0 spiro atoms. The Balaban J connectivity index is 1.97. The monoisotopic (exact) mass is 251 g/mol. The fourth-order valence-electron chi connectivity index (χ4n) is 1.28. The first-order valence-electron chi connectivity index (χ1n) is 5.31. The van der Waals surface area contributed by atoms with Crippen molar-refractivity contribution in [2.24, 2.45) is 7.05 Å². The van der Waals surface area contributed by atoms with Crippen molar-refractivity contribution in [1.29, 1.82) is 0 Å². The van der Waals surface area contributed by atoms with Crippen LogP contribution in [0.5, 0.6) is 0 Å². The molecule has 1 aromatic rings. The summed E-state index contributed by atoms with van der Waals surface area (Å²) in [6.07, 6.45) is -1.99. The van der Waals surface area contributed by atoms with Crippen LogP contribution in [0.4, 0.5) is 13.2 Å². The van der Waals surface area contributed by atoms with Crippen molar-refractivity contribution in [3.63, 3.8) is 0 Å². The van der Waals surface area contributed by atoms with Gasteiger partial charge in [0.1, 0.15) is 6.61 Å². The molecule has 1 heterocycles. The van der Waals surface area contributed by atoms with Gasteiger partial charge in [0.15, 0.2) is 0 Å². The Morgan fingerprint density at radius 1 is 1.47 bits per heavy atom. The van der Waals surface area contributed by atoms with E-state index in [2.05, 4.69) is 15.2 Å². The average Bonchev–Trinajstić information content (AvgIpc) is 2.61. The van der Waals surface area contributed by atoms with Crippen LogP contribution in [0, 0.1) is 0 Å². The second-order valence-electron chi connectivity index (χ2n) is 3.64. The molecule has 0 aliphatic heterocycles. The highest BCUT2D eigenvalue weighted by atomic mass is 19.4. The molecule has 4 nitrogen and oxygen atoms in total. The minimum absolute atomic E-state index is 0.109. The summed E-state index contributed by atoms with van der Waals surface area (Å²) in [4.78, 5) is 0. The van der Waals surface area contributed by atoms with E-state index in [4.69, 9.17) is 0 Å². The van der Waals surface area contributed by atoms with Gasteiger partial charge in [-0.25, -0.2) is 0 Å². The summed E-state index contributed by atoms with van der Waals surface area (Å²) in [5.41, 5.74) is 1.03. The predicted octanol–water partition coefficient (Wildman–Crippen LogP) is 1.48. The van der Waals surface area contributed by atoms with Crippen LogP contribution in [0.2, 0.25) is 0 Å². The minimum atomic E-state index is -4.23. The van der Waals surface area contributed by atoms with Crippen molar-refractivity contribution < 1.29 is 17.9 Å². The van der Waals surface area contributed by atoms with Crippen molar-refractivity contribution in [1.82, 2.24) is 15.1 Å². The molecule has 1 aromatic heterocycles. The summed E-state index contributed by atoms with van der Waals surface area (Å²) < 4.78 is 41.4. The Morgan fingerprint density at radius 3 is 2.82 bits per heavy atom. The Labute approximate surface area is 97.8 Å². The molecule has 17 heavy (non-hydrogen) atoms. The highest BCUT2D eigenvalue weighted by Gasteiger charge is 2.27. The minimum Gasteiger partial charge on any atom is -0.372 e. The number of aryl methyl sites for hydroxylation is 1. The summed E-state index contributed by atoms with van der Waals surface area (Å²) in [7, 11) is 1.84. The first-order valence-corrected chi connectivity index (χ1v) is 5.31. The van der Waals surface area contributed by atoms with Crippen LogP contribution in [0.25, 0.3) is 0 Å². The van der Waals surface area contributed by atoms with Gasteiger partial charge in [0, 0.05) is 26.4 Å². The van der Waals surface area contributed by atoms with Crippen LogP contribution >= 0.6 is 0 Å². The van der Waals surface area contributed by atoms with Crippen LogP contribution in [0.15, 0.2) is 12.3 Å². The van der Waals surface area contributed by atoms with Gasteiger partial charge in [-0.3, -0.25) is 4.68 Å². The van der Waals surface area contributed by atoms with Gasteiger partial charge in [-0.1, -0.05) is 0 Å². The topological polar surface area (TPSA) is 39.1 Å². The SMILES string of the molecule is Cn1nccc1CNCCCOCC(F)(F)F. The second-order valence-corrected chi connectivity index (χ2v) is 3.64. The van der Waals surface area contributed by atoms with Crippen molar-refractivity contribution in [2.45, 2.75) is 19.1 Å². The molecule has 0 radical (unpaired) electrons. The van der Waals surface area contributed by atoms with Crippen molar-refractivity contribution in [3.05, 3.63) is 18.0 Å². The first kappa shape index (κ1) is 14.0. The molecule has 0 amide bonds. The Kier molecular flexibility index (Phi) is 5.43. The first-order chi connectivity index (χ1) is 7.99. The third-order valence-electron chi connectivity index (χ3n) is 2.14. The van der Waals surface area contributed by atoms with Crippen LogP contribution < -0.4 is 5.32 Å². The third kappa shape index (κ3) is 6.28. The molecule has 1 N–H and O–H groups in total. The quantitative estimate of drug-likeness (QED) is 0.746. The lowest BCUT2D eigenvalue weighted by Crippen LogP contribution is -2.21. The lowest BCUT2D eigenvalue weighted by Gasteiger charge is -2.08. The van der Waals surface area contributed by atoms with Crippen LogP contribution in [0.3, 0.4) is 0 Å². The molecule has 1 rings (SSSR count). The van der Waals surface area contributed by atoms with Gasteiger partial charge in [0.25, 0.3) is 0 Å². The van der Waals surface area contributed by atoms with E-state index >= 15 is 0 Å². The number of ether oxygens (including phenoxy) is 1. The smallest absolute Gasteiger partial charge is 0.372 e. The van der Waals surface area contributed by atoms with Gasteiger partial charge < -0.3 is 10.1 Å². The molecule has 0 bridgehead atoms. The van der Waals surface area contributed by atoms with E-state index in [-0.39, 0.29) is 6.61 Å². The number of rotatable bonds is 7. The molecule has 0 aliphatic carbocycles. The number of alkyl halides is 3. The van der Waals surface area contributed by atoms with E-state index in [0.29, 0.717) is 19.5 Å². The van der Waals surface area contributed by atoms with Crippen molar-refractivity contribution in [2.75, 3.05) is 19.8 Å². The molecule has 0 saturated carbocycles. The zero-order chi connectivity index (χ0) is 12.7. The summed E-state index contributed by atoms with van der Waals surface area (Å²) in [5, 5.41) is 7.10. The summed E-state index contributed by atoms with van der Waals surface area (Å²) in [6.45, 7) is 0.200. The summed E-state index contributed by atoms with van der Waals surface area (Å²) >= 11 is 0. The van der Waals surface area contributed by atoms with Crippen LogP contribution in [-0.2, 0) is 18.3 Å². The zero-order valence-electron chi connectivity index (χ0n) is 9.63. The van der Waals surface area contributed by atoms with Crippen LogP contribution in [-0.4, -0.2) is 35.7 Å². The largest absolute Gasteiger partial charge is 0.411 e. The Morgan fingerprint density at radius 2 is 2.24 bits per heavy atom. The van der Waals surface area contributed by atoms with E-state index in [9.17, 15) is 13.2 Å². The maximum atomic E-state index is 11.7. The number of aromatic nitrogens is 2. The maximum absolute atomic E-state index is 11.7. The maximum Gasteiger partial charge on any atom is 0.411 e. The van der Waals surface area contributed by atoms with Crippen molar-refractivity contribution >= 4 is 0 Å². The summed E-state index contributed by atoms with van der Waals surface area (Å²) in [5.74, 6) is 0. The zero-order valence-corrected chi connectivity index (χ0v) is 9.63. The van der Waals surface area contributed by atoms with E-state index in [1.54, 1.807) is 10.9 Å².